The molecule has 0 aliphatic heterocycles. The van der Waals surface area contributed by atoms with Crippen molar-refractivity contribution in [1.29, 1.82) is 0 Å². The standard InChI is InChI=1S/C12H22N4O4S/c1-4-6-9-11(21(13,18)19)10(16-15-9)12(17)14-8(5-2)7-20-3/h8H,4-7H2,1-3H3,(H,14,17)(H,15,16)(H2,13,18,19). The van der Waals surface area contributed by atoms with Crippen LogP contribution in [-0.4, -0.2) is 44.3 Å². The van der Waals surface area contributed by atoms with Gasteiger partial charge in [0, 0.05) is 7.11 Å². The van der Waals surface area contributed by atoms with Gasteiger partial charge in [0.1, 0.15) is 4.90 Å². The van der Waals surface area contributed by atoms with Crippen molar-refractivity contribution in [2.75, 3.05) is 13.7 Å². The third kappa shape index (κ3) is 4.51. The van der Waals surface area contributed by atoms with E-state index in [1.165, 1.54) is 7.11 Å². The van der Waals surface area contributed by atoms with Gasteiger partial charge in [0.05, 0.1) is 18.3 Å². The number of methoxy groups -OCH3 is 1. The van der Waals surface area contributed by atoms with E-state index in [1.54, 1.807) is 0 Å². The van der Waals surface area contributed by atoms with Crippen LogP contribution in [0.5, 0.6) is 0 Å². The third-order valence-electron chi connectivity index (χ3n) is 2.99. The maximum atomic E-state index is 12.2. The molecule has 1 aromatic rings. The van der Waals surface area contributed by atoms with E-state index in [0.717, 1.165) is 0 Å². The molecule has 1 rings (SSSR count). The molecule has 0 aliphatic rings. The first-order valence-corrected chi connectivity index (χ1v) is 8.29. The van der Waals surface area contributed by atoms with Gasteiger partial charge >= 0.3 is 0 Å². The normalized spacial score (nSPS) is 13.1. The van der Waals surface area contributed by atoms with E-state index in [0.29, 0.717) is 31.6 Å². The molecule has 1 unspecified atom stereocenters. The van der Waals surface area contributed by atoms with Gasteiger partial charge < -0.3 is 10.1 Å². The number of amides is 1. The Labute approximate surface area is 124 Å². The number of aromatic nitrogens is 2. The van der Waals surface area contributed by atoms with Crippen LogP contribution < -0.4 is 10.5 Å². The number of hydrogen-bond acceptors (Lipinski definition) is 5. The molecular formula is C12H22N4O4S. The number of ether oxygens (including phenoxy) is 1. The van der Waals surface area contributed by atoms with Crippen molar-refractivity contribution < 1.29 is 17.9 Å². The van der Waals surface area contributed by atoms with Crippen LogP contribution in [0.3, 0.4) is 0 Å². The number of nitrogens with two attached hydrogens (primary N) is 1. The second-order valence-electron chi connectivity index (χ2n) is 4.71. The van der Waals surface area contributed by atoms with Gasteiger partial charge in [0.15, 0.2) is 5.69 Å². The molecule has 0 aliphatic carbocycles. The highest BCUT2D eigenvalue weighted by molar-refractivity contribution is 7.89. The second-order valence-corrected chi connectivity index (χ2v) is 6.21. The molecule has 9 heteroatoms. The van der Waals surface area contributed by atoms with Crippen LogP contribution in [0.15, 0.2) is 4.90 Å². The molecule has 1 amide bonds. The molecule has 1 heterocycles. The van der Waals surface area contributed by atoms with E-state index >= 15 is 0 Å². The monoisotopic (exact) mass is 318 g/mol. The Morgan fingerprint density at radius 1 is 1.48 bits per heavy atom. The van der Waals surface area contributed by atoms with Crippen molar-refractivity contribution in [2.45, 2.75) is 44.0 Å². The number of nitrogens with zero attached hydrogens (tertiary/aromatic N) is 1. The SMILES string of the molecule is CCCc1[nH]nc(C(=O)NC(CC)COC)c1S(N)(=O)=O. The minimum atomic E-state index is -4.03. The van der Waals surface area contributed by atoms with Gasteiger partial charge in [-0.25, -0.2) is 13.6 Å². The summed E-state index contributed by atoms with van der Waals surface area (Å²) < 4.78 is 28.4. The lowest BCUT2D eigenvalue weighted by molar-refractivity contribution is 0.0886. The molecule has 0 saturated heterocycles. The van der Waals surface area contributed by atoms with Gasteiger partial charge in [-0.15, -0.1) is 0 Å². The Kier molecular flexibility index (Phi) is 6.31. The number of hydrogen-bond donors (Lipinski definition) is 3. The lowest BCUT2D eigenvalue weighted by atomic mass is 10.2. The molecule has 0 fully saturated rings. The molecule has 1 atom stereocenters. The van der Waals surface area contributed by atoms with Crippen molar-refractivity contribution >= 4 is 15.9 Å². The number of aryl methyl sites for hydroxylation is 1. The number of nitrogens with one attached hydrogen (secondary N) is 2. The molecule has 8 nitrogen and oxygen atoms in total. The van der Waals surface area contributed by atoms with E-state index < -0.39 is 15.9 Å². The topological polar surface area (TPSA) is 127 Å². The number of carbonyl (C=O) groups is 1. The average molecular weight is 318 g/mol. The molecule has 0 aromatic carbocycles. The highest BCUT2D eigenvalue weighted by Gasteiger charge is 2.27. The van der Waals surface area contributed by atoms with Crippen molar-refractivity contribution in [3.8, 4) is 0 Å². The number of rotatable bonds is 8. The summed E-state index contributed by atoms with van der Waals surface area (Å²) in [5.41, 5.74) is 0.153. The predicted octanol–water partition coefficient (Wildman–Crippen LogP) is 0.164. The smallest absolute Gasteiger partial charge is 0.273 e. The Morgan fingerprint density at radius 2 is 2.14 bits per heavy atom. The number of carbonyl (C=O) groups excluding carboxylic acids is 1. The van der Waals surface area contributed by atoms with Crippen molar-refractivity contribution in [2.24, 2.45) is 5.14 Å². The lowest BCUT2D eigenvalue weighted by Crippen LogP contribution is -2.38. The van der Waals surface area contributed by atoms with Crippen LogP contribution in [0.25, 0.3) is 0 Å². The molecule has 21 heavy (non-hydrogen) atoms. The zero-order chi connectivity index (χ0) is 16.0. The van der Waals surface area contributed by atoms with Gasteiger partial charge in [-0.2, -0.15) is 5.10 Å². The zero-order valence-electron chi connectivity index (χ0n) is 12.5. The molecule has 0 spiro atoms. The molecule has 0 radical (unpaired) electrons. The summed E-state index contributed by atoms with van der Waals surface area (Å²) in [6.45, 7) is 4.11. The first-order chi connectivity index (χ1) is 9.85. The first-order valence-electron chi connectivity index (χ1n) is 6.74. The van der Waals surface area contributed by atoms with Crippen LogP contribution in [0.1, 0.15) is 42.9 Å². The summed E-state index contributed by atoms with van der Waals surface area (Å²) in [7, 11) is -2.50. The van der Waals surface area contributed by atoms with Gasteiger partial charge in [-0.05, 0) is 12.8 Å². The highest BCUT2D eigenvalue weighted by atomic mass is 32.2. The minimum Gasteiger partial charge on any atom is -0.383 e. The summed E-state index contributed by atoms with van der Waals surface area (Å²) in [4.78, 5) is 12.0. The fourth-order valence-corrected chi connectivity index (χ4v) is 2.86. The largest absolute Gasteiger partial charge is 0.383 e. The van der Waals surface area contributed by atoms with Crippen molar-refractivity contribution in [1.82, 2.24) is 15.5 Å². The fraction of sp³-hybridized carbons (Fsp3) is 0.667. The Bertz CT molecular complexity index is 582. The summed E-state index contributed by atoms with van der Waals surface area (Å²) in [6, 6.07) is -0.220. The van der Waals surface area contributed by atoms with E-state index in [9.17, 15) is 13.2 Å². The van der Waals surface area contributed by atoms with E-state index in [1.807, 2.05) is 13.8 Å². The Balaban J connectivity index is 3.10. The van der Waals surface area contributed by atoms with Gasteiger partial charge in [-0.1, -0.05) is 20.3 Å². The van der Waals surface area contributed by atoms with Gasteiger partial charge in [0.25, 0.3) is 5.91 Å². The number of sulfonamides is 1. The molecule has 0 saturated carbocycles. The molecule has 120 valence electrons. The van der Waals surface area contributed by atoms with Crippen LogP contribution >= 0.6 is 0 Å². The lowest BCUT2D eigenvalue weighted by Gasteiger charge is -2.15. The van der Waals surface area contributed by atoms with Gasteiger partial charge in [0.2, 0.25) is 10.0 Å². The van der Waals surface area contributed by atoms with Crippen molar-refractivity contribution in [3.05, 3.63) is 11.4 Å². The van der Waals surface area contributed by atoms with E-state index in [-0.39, 0.29) is 16.6 Å². The number of aromatic amines is 1. The third-order valence-corrected chi connectivity index (χ3v) is 4.00. The molecule has 1 aromatic heterocycles. The maximum absolute atomic E-state index is 12.2. The maximum Gasteiger partial charge on any atom is 0.273 e. The average Bonchev–Trinajstić information content (AvgIpc) is 2.82. The summed E-state index contributed by atoms with van der Waals surface area (Å²) in [5, 5.41) is 14.3. The van der Waals surface area contributed by atoms with Crippen molar-refractivity contribution in [3.63, 3.8) is 0 Å². The fourth-order valence-electron chi connectivity index (χ4n) is 1.96. The number of H-pyrrole nitrogens is 1. The van der Waals surface area contributed by atoms with E-state index in [2.05, 4.69) is 15.5 Å². The van der Waals surface area contributed by atoms with Gasteiger partial charge in [-0.3, -0.25) is 9.89 Å². The minimum absolute atomic E-state index is 0.199. The summed E-state index contributed by atoms with van der Waals surface area (Å²) in [6.07, 6.45) is 1.80. The summed E-state index contributed by atoms with van der Waals surface area (Å²) in [5.74, 6) is -0.582. The summed E-state index contributed by atoms with van der Waals surface area (Å²) >= 11 is 0. The second kappa shape index (κ2) is 7.53. The van der Waals surface area contributed by atoms with E-state index in [4.69, 9.17) is 9.88 Å². The first kappa shape index (κ1) is 17.6. The van der Waals surface area contributed by atoms with Crippen LogP contribution in [0, 0.1) is 0 Å². The zero-order valence-corrected chi connectivity index (χ0v) is 13.3. The number of primary sulfonamides is 1. The molecule has 0 bridgehead atoms. The predicted molar refractivity (Wildman–Crippen MR) is 77.4 cm³/mol. The van der Waals surface area contributed by atoms with Crippen LogP contribution in [0.2, 0.25) is 0 Å². The Morgan fingerprint density at radius 3 is 2.62 bits per heavy atom. The van der Waals surface area contributed by atoms with Crippen LogP contribution in [0.4, 0.5) is 0 Å². The molecular weight excluding hydrogens is 296 g/mol. The Hall–Kier alpha value is -1.45. The quantitative estimate of drug-likeness (QED) is 0.629. The molecule has 4 N–H and O–H groups in total. The van der Waals surface area contributed by atoms with Crippen LogP contribution in [-0.2, 0) is 21.2 Å². The highest BCUT2D eigenvalue weighted by Crippen LogP contribution is 2.18.